The molecule has 0 unspecified atom stereocenters. The van der Waals surface area contributed by atoms with E-state index < -0.39 is 11.7 Å². The van der Waals surface area contributed by atoms with Gasteiger partial charge in [-0.25, -0.2) is 4.98 Å². The first-order valence-electron chi connectivity index (χ1n) is 6.49. The highest BCUT2D eigenvalue weighted by molar-refractivity contribution is 8.00. The summed E-state index contributed by atoms with van der Waals surface area (Å²) in [5, 5.41) is 0. The molecular formula is C15H11F3N2OS. The second-order valence-corrected chi connectivity index (χ2v) is 5.81. The number of anilines is 1. The summed E-state index contributed by atoms with van der Waals surface area (Å²) in [5.74, 6) is 0.245. The van der Waals surface area contributed by atoms with E-state index in [-0.39, 0.29) is 17.5 Å². The van der Waals surface area contributed by atoms with Crippen LogP contribution in [0.1, 0.15) is 11.1 Å². The Bertz CT molecular complexity index is 704. The number of carbonyl (C=O) groups excluding carboxylic acids is 1. The molecule has 0 fully saturated rings. The molecule has 7 heteroatoms. The normalized spacial score (nSPS) is 14.9. The van der Waals surface area contributed by atoms with Gasteiger partial charge in [-0.15, -0.1) is 11.8 Å². The number of aromatic nitrogens is 1. The smallest absolute Gasteiger partial charge is 0.291 e. The highest BCUT2D eigenvalue weighted by Crippen LogP contribution is 2.38. The van der Waals surface area contributed by atoms with E-state index >= 15 is 0 Å². The zero-order chi connectivity index (χ0) is 15.7. The summed E-state index contributed by atoms with van der Waals surface area (Å²) in [5.41, 5.74) is 0.100. The van der Waals surface area contributed by atoms with Crippen molar-refractivity contribution < 1.29 is 18.0 Å². The van der Waals surface area contributed by atoms with E-state index in [2.05, 4.69) is 4.98 Å². The van der Waals surface area contributed by atoms with Crippen LogP contribution >= 0.6 is 11.8 Å². The molecule has 3 nitrogen and oxygen atoms in total. The van der Waals surface area contributed by atoms with E-state index in [0.29, 0.717) is 11.4 Å². The van der Waals surface area contributed by atoms with E-state index in [1.54, 1.807) is 0 Å². The van der Waals surface area contributed by atoms with Gasteiger partial charge in [-0.1, -0.05) is 30.3 Å². The maximum atomic E-state index is 12.7. The van der Waals surface area contributed by atoms with Gasteiger partial charge in [0.25, 0.3) is 0 Å². The van der Waals surface area contributed by atoms with Gasteiger partial charge in [0.1, 0.15) is 5.82 Å². The number of rotatable bonds is 2. The van der Waals surface area contributed by atoms with Gasteiger partial charge in [-0.05, 0) is 11.6 Å². The van der Waals surface area contributed by atoms with E-state index in [9.17, 15) is 18.0 Å². The number of alkyl halides is 3. The predicted molar refractivity (Wildman–Crippen MR) is 77.6 cm³/mol. The van der Waals surface area contributed by atoms with E-state index in [4.69, 9.17) is 0 Å². The molecule has 1 aliphatic rings. The lowest BCUT2D eigenvalue weighted by molar-refractivity contribution is -0.138. The van der Waals surface area contributed by atoms with Crippen LogP contribution in [0.5, 0.6) is 0 Å². The number of thioether (sulfide) groups is 1. The first-order chi connectivity index (χ1) is 10.4. The number of amides is 1. The van der Waals surface area contributed by atoms with Crippen molar-refractivity contribution in [2.75, 3.05) is 10.7 Å². The summed E-state index contributed by atoms with van der Waals surface area (Å²) in [6, 6.07) is 10.3. The molecule has 1 aromatic heterocycles. The quantitative estimate of drug-likeness (QED) is 0.844. The molecule has 2 aromatic rings. The maximum absolute atomic E-state index is 12.7. The van der Waals surface area contributed by atoms with Crippen molar-refractivity contribution in [1.29, 1.82) is 0 Å². The van der Waals surface area contributed by atoms with Crippen LogP contribution in [0.4, 0.5) is 19.0 Å². The lowest BCUT2D eigenvalue weighted by Crippen LogP contribution is -2.35. The number of hydrogen-bond acceptors (Lipinski definition) is 3. The fourth-order valence-electron chi connectivity index (χ4n) is 2.17. The largest absolute Gasteiger partial charge is 0.417 e. The third-order valence-corrected chi connectivity index (χ3v) is 4.25. The predicted octanol–water partition coefficient (Wildman–Crippen LogP) is 3.74. The lowest BCUT2D eigenvalue weighted by Gasteiger charge is -2.28. The van der Waals surface area contributed by atoms with Gasteiger partial charge in [-0.2, -0.15) is 13.2 Å². The summed E-state index contributed by atoms with van der Waals surface area (Å²) in [4.78, 5) is 17.8. The number of nitrogens with zero attached hydrogens (tertiary/aromatic N) is 2. The summed E-state index contributed by atoms with van der Waals surface area (Å²) in [7, 11) is 0. The van der Waals surface area contributed by atoms with Gasteiger partial charge in [0.2, 0.25) is 5.91 Å². The molecule has 0 saturated carbocycles. The van der Waals surface area contributed by atoms with Gasteiger partial charge in [0, 0.05) is 6.20 Å². The van der Waals surface area contributed by atoms with Gasteiger partial charge >= 0.3 is 6.18 Å². The minimum atomic E-state index is -4.44. The minimum Gasteiger partial charge on any atom is -0.291 e. The van der Waals surface area contributed by atoms with Gasteiger partial charge in [-0.3, -0.25) is 9.69 Å². The van der Waals surface area contributed by atoms with E-state index in [0.717, 1.165) is 29.6 Å². The first-order valence-corrected chi connectivity index (χ1v) is 7.48. The van der Waals surface area contributed by atoms with Gasteiger partial charge < -0.3 is 0 Å². The minimum absolute atomic E-state index is 0.114. The molecule has 2 heterocycles. The fourth-order valence-corrected chi connectivity index (χ4v) is 3.10. The van der Waals surface area contributed by atoms with Crippen molar-refractivity contribution in [3.63, 3.8) is 0 Å². The highest BCUT2D eigenvalue weighted by Gasteiger charge is 2.34. The molecule has 0 spiro atoms. The van der Waals surface area contributed by atoms with Crippen LogP contribution in [0.3, 0.4) is 0 Å². The topological polar surface area (TPSA) is 33.2 Å². The molecule has 0 atom stereocenters. The van der Waals surface area contributed by atoms with Crippen molar-refractivity contribution in [3.8, 4) is 0 Å². The fraction of sp³-hybridized carbons (Fsp3) is 0.200. The third-order valence-electron chi connectivity index (χ3n) is 3.25. The monoisotopic (exact) mass is 324 g/mol. The molecule has 0 saturated heterocycles. The Hall–Kier alpha value is -2.02. The lowest BCUT2D eigenvalue weighted by atomic mass is 10.2. The molecular weight excluding hydrogens is 313 g/mol. The van der Waals surface area contributed by atoms with Crippen LogP contribution in [0, 0.1) is 0 Å². The molecule has 22 heavy (non-hydrogen) atoms. The summed E-state index contributed by atoms with van der Waals surface area (Å²) >= 11 is 1.09. The second kappa shape index (κ2) is 5.64. The Morgan fingerprint density at radius 2 is 1.95 bits per heavy atom. The highest BCUT2D eigenvalue weighted by atomic mass is 32.2. The molecule has 114 valence electrons. The molecule has 0 radical (unpaired) electrons. The molecule has 0 N–H and O–H groups in total. The van der Waals surface area contributed by atoms with Crippen molar-refractivity contribution >= 4 is 23.5 Å². The number of halogens is 3. The molecule has 0 bridgehead atoms. The average molecular weight is 324 g/mol. The number of pyridine rings is 1. The van der Waals surface area contributed by atoms with Gasteiger partial charge in [0.15, 0.2) is 0 Å². The molecule has 0 aliphatic carbocycles. The zero-order valence-corrected chi connectivity index (χ0v) is 12.1. The Kier molecular flexibility index (Phi) is 3.82. The maximum Gasteiger partial charge on any atom is 0.417 e. The van der Waals surface area contributed by atoms with Gasteiger partial charge in [0.05, 0.1) is 22.8 Å². The van der Waals surface area contributed by atoms with Crippen molar-refractivity contribution in [2.45, 2.75) is 17.6 Å². The zero-order valence-electron chi connectivity index (χ0n) is 11.3. The molecule has 1 aromatic carbocycles. The van der Waals surface area contributed by atoms with Crippen LogP contribution in [-0.2, 0) is 17.5 Å². The summed E-state index contributed by atoms with van der Waals surface area (Å²) < 4.78 is 38.2. The Morgan fingerprint density at radius 3 is 2.64 bits per heavy atom. The molecule has 3 rings (SSSR count). The number of carbonyl (C=O) groups is 1. The number of benzene rings is 1. The van der Waals surface area contributed by atoms with E-state index in [1.165, 1.54) is 4.90 Å². The summed E-state index contributed by atoms with van der Waals surface area (Å²) in [6.45, 7) is 0.297. The van der Waals surface area contributed by atoms with Crippen molar-refractivity contribution in [1.82, 2.24) is 4.98 Å². The summed E-state index contributed by atoms with van der Waals surface area (Å²) in [6.07, 6.45) is -3.66. The van der Waals surface area contributed by atoms with Crippen LogP contribution in [-0.4, -0.2) is 16.6 Å². The van der Waals surface area contributed by atoms with Crippen LogP contribution in [0.15, 0.2) is 47.5 Å². The Balaban J connectivity index is 1.95. The van der Waals surface area contributed by atoms with E-state index in [1.807, 2.05) is 30.3 Å². The SMILES string of the molecule is O=C1CSc2cc(C(F)(F)F)cnc2N1Cc1ccccc1. The molecule has 1 aliphatic heterocycles. The Labute approximate surface area is 129 Å². The van der Waals surface area contributed by atoms with Crippen molar-refractivity contribution in [2.24, 2.45) is 0 Å². The number of hydrogen-bond donors (Lipinski definition) is 0. The van der Waals surface area contributed by atoms with Crippen LogP contribution < -0.4 is 4.90 Å². The van der Waals surface area contributed by atoms with Crippen molar-refractivity contribution in [3.05, 3.63) is 53.7 Å². The first kappa shape index (κ1) is 14.9. The molecule has 1 amide bonds. The van der Waals surface area contributed by atoms with Crippen LogP contribution in [0.2, 0.25) is 0 Å². The Morgan fingerprint density at radius 1 is 1.23 bits per heavy atom. The standard InChI is InChI=1S/C15H11F3N2OS/c16-15(17,18)11-6-12-14(19-7-11)20(13(21)9-22-12)8-10-4-2-1-3-5-10/h1-7H,8-9H2. The third kappa shape index (κ3) is 2.94. The average Bonchev–Trinajstić information content (AvgIpc) is 2.50. The van der Waals surface area contributed by atoms with Crippen LogP contribution in [0.25, 0.3) is 0 Å². The number of fused-ring (bicyclic) bond motifs is 1. The second-order valence-electron chi connectivity index (χ2n) is 4.80.